The van der Waals surface area contributed by atoms with Gasteiger partial charge in [0.05, 0.1) is 0 Å². The monoisotopic (exact) mass is 167 g/mol. The summed E-state index contributed by atoms with van der Waals surface area (Å²) in [6, 6.07) is 5.69. The van der Waals surface area contributed by atoms with Gasteiger partial charge in [0.25, 0.3) is 0 Å². The molecule has 0 spiro atoms. The second-order valence-electron chi connectivity index (χ2n) is 2.35. The molecule has 1 aromatic carbocycles. The second kappa shape index (κ2) is 3.79. The van der Waals surface area contributed by atoms with E-state index in [-0.39, 0.29) is 0 Å². The lowest BCUT2D eigenvalue weighted by Crippen LogP contribution is -2.18. The number of rotatable bonds is 2. The van der Waals surface area contributed by atoms with Crippen LogP contribution in [0, 0.1) is 6.92 Å². The van der Waals surface area contributed by atoms with Crippen LogP contribution in [0.2, 0.25) is 5.02 Å². The largest absolute Gasteiger partial charge is 0.437 e. The summed E-state index contributed by atoms with van der Waals surface area (Å²) in [6.45, 7) is 2.00. The maximum atomic E-state index is 5.76. The van der Waals surface area contributed by atoms with Gasteiger partial charge in [-0.15, -0.1) is 0 Å². The molecule has 0 aliphatic carbocycles. The Kier molecular flexibility index (Phi) is 2.97. The average Bonchev–Trinajstić information content (AvgIpc) is 1.95. The Morgan fingerprint density at radius 2 is 2.18 bits per heavy atom. The molecule has 0 bridgehead atoms. The topological polar surface area (TPSA) is 9.23 Å². The lowest BCUT2D eigenvalue weighted by Gasteiger charge is -2.01. The highest BCUT2D eigenvalue weighted by atomic mass is 35.5. The fraction of sp³-hybridized carbons (Fsp3) is 0.250. The van der Waals surface area contributed by atoms with Crippen LogP contribution in [0.25, 0.3) is 0 Å². The van der Waals surface area contributed by atoms with Gasteiger partial charge in [-0.05, 0) is 19.1 Å². The van der Waals surface area contributed by atoms with Crippen molar-refractivity contribution in [3.8, 4) is 0 Å². The first-order valence-corrected chi connectivity index (χ1v) is 3.74. The van der Waals surface area contributed by atoms with Gasteiger partial charge in [0, 0.05) is 12.1 Å². The predicted octanol–water partition coefficient (Wildman–Crippen LogP) is 1.54. The summed E-state index contributed by atoms with van der Waals surface area (Å²) in [7, 11) is 3.33. The summed E-state index contributed by atoms with van der Waals surface area (Å²) in [5.74, 6) is 0. The molecule has 0 saturated heterocycles. The van der Waals surface area contributed by atoms with Crippen molar-refractivity contribution in [1.29, 1.82) is 0 Å². The molecular weight excluding hydrogens is 158 g/mol. The molecule has 0 fully saturated rings. The van der Waals surface area contributed by atoms with Gasteiger partial charge < -0.3 is 4.65 Å². The zero-order valence-corrected chi connectivity index (χ0v) is 7.35. The number of hydrogen-bond donors (Lipinski definition) is 0. The number of aryl methyl sites for hydroxylation is 1. The number of benzene rings is 1. The second-order valence-corrected chi connectivity index (χ2v) is 2.79. The van der Waals surface area contributed by atoms with Crippen LogP contribution in [-0.4, -0.2) is 14.6 Å². The highest BCUT2D eigenvalue weighted by Crippen LogP contribution is 2.07. The zero-order valence-electron chi connectivity index (χ0n) is 6.60. The van der Waals surface area contributed by atoms with Crippen molar-refractivity contribution < 1.29 is 4.65 Å². The lowest BCUT2D eigenvalue weighted by atomic mass is 9.84. The Hall–Kier alpha value is -0.465. The Morgan fingerprint density at radius 3 is 2.73 bits per heavy atom. The quantitative estimate of drug-likeness (QED) is 0.607. The van der Waals surface area contributed by atoms with Crippen LogP contribution in [0.4, 0.5) is 0 Å². The van der Waals surface area contributed by atoms with Gasteiger partial charge in [-0.25, -0.2) is 0 Å². The highest BCUT2D eigenvalue weighted by Gasteiger charge is 1.99. The van der Waals surface area contributed by atoms with Crippen LogP contribution in [0.15, 0.2) is 18.2 Å². The first kappa shape index (κ1) is 8.63. The summed E-state index contributed by atoms with van der Waals surface area (Å²) < 4.78 is 4.88. The minimum absolute atomic E-state index is 0.760. The van der Waals surface area contributed by atoms with Crippen LogP contribution >= 0.6 is 11.6 Å². The zero-order chi connectivity index (χ0) is 8.27. The maximum absolute atomic E-state index is 5.76. The summed E-state index contributed by atoms with van der Waals surface area (Å²) in [5.41, 5.74) is 2.19. The summed E-state index contributed by atoms with van der Waals surface area (Å²) >= 11 is 5.76. The molecule has 1 rings (SSSR count). The molecular formula is C8H9BClO. The Bertz CT molecular complexity index is 250. The van der Waals surface area contributed by atoms with E-state index in [1.807, 2.05) is 25.1 Å². The van der Waals surface area contributed by atoms with E-state index in [2.05, 4.69) is 0 Å². The van der Waals surface area contributed by atoms with Crippen LogP contribution in [0.5, 0.6) is 0 Å². The van der Waals surface area contributed by atoms with Gasteiger partial charge >= 0.3 is 7.48 Å². The molecule has 0 aliphatic rings. The van der Waals surface area contributed by atoms with Crippen molar-refractivity contribution in [2.45, 2.75) is 6.92 Å². The van der Waals surface area contributed by atoms with Gasteiger partial charge in [-0.2, -0.15) is 0 Å². The Balaban J connectivity index is 2.90. The van der Waals surface area contributed by atoms with Crippen molar-refractivity contribution in [3.05, 3.63) is 28.8 Å². The molecule has 1 radical (unpaired) electrons. The van der Waals surface area contributed by atoms with E-state index in [0.717, 1.165) is 16.0 Å². The molecule has 0 N–H and O–H groups in total. The molecule has 0 amide bonds. The third-order valence-electron chi connectivity index (χ3n) is 1.48. The fourth-order valence-corrected chi connectivity index (χ4v) is 1.12. The molecule has 0 unspecified atom stereocenters. The maximum Gasteiger partial charge on any atom is 0.329 e. The number of halogens is 1. The number of hydrogen-bond acceptors (Lipinski definition) is 1. The summed E-state index contributed by atoms with van der Waals surface area (Å²) in [5, 5.41) is 0.760. The third kappa shape index (κ3) is 2.24. The van der Waals surface area contributed by atoms with E-state index in [9.17, 15) is 0 Å². The SMILES string of the molecule is CO[B]c1ccc(Cl)cc1C. The van der Waals surface area contributed by atoms with Crippen molar-refractivity contribution >= 4 is 24.5 Å². The molecule has 57 valence electrons. The normalized spacial score (nSPS) is 9.73. The van der Waals surface area contributed by atoms with Crippen molar-refractivity contribution in [3.63, 3.8) is 0 Å². The van der Waals surface area contributed by atoms with Gasteiger partial charge in [0.1, 0.15) is 0 Å². The molecule has 0 aromatic heterocycles. The fourth-order valence-electron chi connectivity index (χ4n) is 0.898. The van der Waals surface area contributed by atoms with E-state index >= 15 is 0 Å². The molecule has 0 aliphatic heterocycles. The Labute approximate surface area is 72.6 Å². The average molecular weight is 167 g/mol. The first-order chi connectivity index (χ1) is 5.24. The summed E-state index contributed by atoms with van der Waals surface area (Å²) in [6.07, 6.45) is 0. The van der Waals surface area contributed by atoms with E-state index < -0.39 is 0 Å². The van der Waals surface area contributed by atoms with E-state index in [0.29, 0.717) is 0 Å². The van der Waals surface area contributed by atoms with Gasteiger partial charge in [0.2, 0.25) is 0 Å². The predicted molar refractivity (Wildman–Crippen MR) is 48.6 cm³/mol. The molecule has 1 aromatic rings. The van der Waals surface area contributed by atoms with Gasteiger partial charge in [0.15, 0.2) is 0 Å². The molecule has 0 saturated carbocycles. The smallest absolute Gasteiger partial charge is 0.329 e. The lowest BCUT2D eigenvalue weighted by molar-refractivity contribution is 0.450. The molecule has 11 heavy (non-hydrogen) atoms. The molecule has 1 nitrogen and oxygen atoms in total. The van der Waals surface area contributed by atoms with Crippen molar-refractivity contribution in [2.75, 3.05) is 7.11 Å². The standard InChI is InChI=1S/C8H9BClO/c1-6-5-7(10)3-4-8(6)9-11-2/h3-5H,1-2H3. The van der Waals surface area contributed by atoms with Crippen LogP contribution in [0.3, 0.4) is 0 Å². The van der Waals surface area contributed by atoms with Gasteiger partial charge in [-0.3, -0.25) is 0 Å². The first-order valence-electron chi connectivity index (χ1n) is 3.36. The van der Waals surface area contributed by atoms with E-state index in [1.54, 1.807) is 14.6 Å². The van der Waals surface area contributed by atoms with E-state index in [4.69, 9.17) is 16.3 Å². The highest BCUT2D eigenvalue weighted by molar-refractivity contribution is 6.47. The van der Waals surface area contributed by atoms with Crippen LogP contribution in [-0.2, 0) is 4.65 Å². The van der Waals surface area contributed by atoms with E-state index in [1.165, 1.54) is 0 Å². The van der Waals surface area contributed by atoms with Gasteiger partial charge in [-0.1, -0.05) is 28.7 Å². The Morgan fingerprint density at radius 1 is 1.45 bits per heavy atom. The van der Waals surface area contributed by atoms with Crippen LogP contribution in [0.1, 0.15) is 5.56 Å². The molecule has 3 heteroatoms. The third-order valence-corrected chi connectivity index (χ3v) is 1.71. The summed E-state index contributed by atoms with van der Waals surface area (Å²) in [4.78, 5) is 0. The minimum Gasteiger partial charge on any atom is -0.437 e. The molecule has 0 atom stereocenters. The van der Waals surface area contributed by atoms with Crippen molar-refractivity contribution in [2.24, 2.45) is 0 Å². The van der Waals surface area contributed by atoms with Crippen LogP contribution < -0.4 is 5.46 Å². The molecule has 0 heterocycles. The van der Waals surface area contributed by atoms with Crippen molar-refractivity contribution in [1.82, 2.24) is 0 Å². The minimum atomic E-state index is 0.760.